The highest BCUT2D eigenvalue weighted by Gasteiger charge is 2.13. The van der Waals surface area contributed by atoms with Crippen LogP contribution in [-0.4, -0.2) is 14.5 Å². The van der Waals surface area contributed by atoms with Crippen molar-refractivity contribution in [1.29, 1.82) is 0 Å². The van der Waals surface area contributed by atoms with Gasteiger partial charge in [0.25, 0.3) is 5.69 Å². The molecular formula is C18H18N4O2S. The molecule has 0 aliphatic heterocycles. The summed E-state index contributed by atoms with van der Waals surface area (Å²) < 4.78 is 2.11. The van der Waals surface area contributed by atoms with Crippen molar-refractivity contribution in [2.24, 2.45) is 10.9 Å². The first-order valence-corrected chi connectivity index (χ1v) is 8.80. The van der Waals surface area contributed by atoms with Crippen LogP contribution in [0.5, 0.6) is 0 Å². The molecule has 3 rings (SSSR count). The van der Waals surface area contributed by atoms with Crippen molar-refractivity contribution < 1.29 is 4.92 Å². The van der Waals surface area contributed by atoms with Gasteiger partial charge in [-0.1, -0.05) is 26.0 Å². The van der Waals surface area contributed by atoms with E-state index in [-0.39, 0.29) is 10.6 Å². The topological polar surface area (TPSA) is 73.3 Å². The molecular weight excluding hydrogens is 336 g/mol. The zero-order valence-electron chi connectivity index (χ0n) is 14.0. The van der Waals surface area contributed by atoms with Crippen LogP contribution >= 0.6 is 11.3 Å². The van der Waals surface area contributed by atoms with Gasteiger partial charge in [-0.2, -0.15) is 0 Å². The second-order valence-corrected chi connectivity index (χ2v) is 6.87. The Morgan fingerprint density at radius 2 is 2.16 bits per heavy atom. The average molecular weight is 354 g/mol. The van der Waals surface area contributed by atoms with Crippen LogP contribution in [0.4, 0.5) is 11.4 Å². The van der Waals surface area contributed by atoms with E-state index in [1.165, 1.54) is 17.4 Å². The van der Waals surface area contributed by atoms with Crippen LogP contribution < -0.4 is 4.80 Å². The summed E-state index contributed by atoms with van der Waals surface area (Å²) in [6.07, 6.45) is 3.43. The number of rotatable bonds is 5. The van der Waals surface area contributed by atoms with Crippen LogP contribution in [0.15, 0.2) is 59.2 Å². The molecule has 2 aromatic heterocycles. The van der Waals surface area contributed by atoms with Crippen molar-refractivity contribution in [3.05, 3.63) is 69.1 Å². The Morgan fingerprint density at radius 1 is 1.32 bits per heavy atom. The van der Waals surface area contributed by atoms with Gasteiger partial charge in [-0.15, -0.1) is 11.3 Å². The van der Waals surface area contributed by atoms with Gasteiger partial charge in [0.2, 0.25) is 0 Å². The quantitative estimate of drug-likeness (QED) is 0.503. The number of hydrogen-bond donors (Lipinski definition) is 0. The third-order valence-corrected chi connectivity index (χ3v) is 4.43. The van der Waals surface area contributed by atoms with E-state index in [9.17, 15) is 10.1 Å². The maximum Gasteiger partial charge on any atom is 0.270 e. The highest BCUT2D eigenvalue weighted by atomic mass is 32.1. The Hall–Kier alpha value is -2.80. The van der Waals surface area contributed by atoms with Crippen molar-refractivity contribution in [3.8, 4) is 11.3 Å². The maximum absolute atomic E-state index is 11.1. The lowest BCUT2D eigenvalue weighted by molar-refractivity contribution is -0.384. The molecule has 2 heterocycles. The summed E-state index contributed by atoms with van der Waals surface area (Å²) in [7, 11) is 0. The Balaban J connectivity index is 2.13. The third kappa shape index (κ3) is 4.00. The number of aromatic nitrogens is 2. The van der Waals surface area contributed by atoms with Crippen LogP contribution in [0.3, 0.4) is 0 Å². The predicted molar refractivity (Wildman–Crippen MR) is 98.7 cm³/mol. The van der Waals surface area contributed by atoms with Gasteiger partial charge >= 0.3 is 0 Å². The summed E-state index contributed by atoms with van der Waals surface area (Å²) in [4.78, 5) is 20.3. The molecule has 25 heavy (non-hydrogen) atoms. The third-order valence-electron chi connectivity index (χ3n) is 3.57. The lowest BCUT2D eigenvalue weighted by atomic mass is 10.1. The minimum absolute atomic E-state index is 0.0885. The molecule has 0 spiro atoms. The summed E-state index contributed by atoms with van der Waals surface area (Å²) in [6.45, 7) is 5.05. The number of hydrogen-bond acceptors (Lipinski definition) is 5. The van der Waals surface area contributed by atoms with E-state index in [2.05, 4.69) is 28.4 Å². The molecule has 7 heteroatoms. The largest absolute Gasteiger partial charge is 0.316 e. The van der Waals surface area contributed by atoms with Crippen molar-refractivity contribution in [3.63, 3.8) is 0 Å². The number of nitro benzene ring substituents is 1. The fraction of sp³-hybridized carbons (Fsp3) is 0.222. The van der Waals surface area contributed by atoms with E-state index in [1.807, 2.05) is 23.6 Å². The van der Waals surface area contributed by atoms with Crippen molar-refractivity contribution in [1.82, 2.24) is 9.55 Å². The SMILES string of the molecule is CC(C)Cn1c(-c2cccc([N+](=O)[O-])c2)csc1=Nc1cccnc1. The molecule has 0 atom stereocenters. The lowest BCUT2D eigenvalue weighted by Gasteiger charge is -2.11. The number of pyridine rings is 1. The van der Waals surface area contributed by atoms with E-state index in [4.69, 9.17) is 0 Å². The molecule has 0 fully saturated rings. The van der Waals surface area contributed by atoms with Crippen molar-refractivity contribution in [2.75, 3.05) is 0 Å². The average Bonchev–Trinajstić information content (AvgIpc) is 2.98. The molecule has 6 nitrogen and oxygen atoms in total. The molecule has 1 aromatic carbocycles. The Kier molecular flexibility index (Phi) is 5.04. The second kappa shape index (κ2) is 7.40. The molecule has 0 N–H and O–H groups in total. The molecule has 0 saturated heterocycles. The summed E-state index contributed by atoms with van der Waals surface area (Å²) in [5, 5.41) is 13.1. The zero-order valence-corrected chi connectivity index (χ0v) is 14.8. The Labute approximate surface area is 149 Å². The fourth-order valence-electron chi connectivity index (χ4n) is 2.50. The zero-order chi connectivity index (χ0) is 17.8. The van der Waals surface area contributed by atoms with Gasteiger partial charge in [-0.3, -0.25) is 15.1 Å². The van der Waals surface area contributed by atoms with Crippen molar-refractivity contribution >= 4 is 22.7 Å². The highest BCUT2D eigenvalue weighted by Crippen LogP contribution is 2.25. The van der Waals surface area contributed by atoms with E-state index < -0.39 is 0 Å². The van der Waals surface area contributed by atoms with Crippen molar-refractivity contribution in [2.45, 2.75) is 20.4 Å². The van der Waals surface area contributed by atoms with E-state index in [1.54, 1.807) is 24.5 Å². The van der Waals surface area contributed by atoms with E-state index in [0.717, 1.165) is 28.3 Å². The van der Waals surface area contributed by atoms with Crippen LogP contribution in [0, 0.1) is 16.0 Å². The monoisotopic (exact) mass is 354 g/mol. The molecule has 0 aliphatic rings. The summed E-state index contributed by atoms with van der Waals surface area (Å²) in [6, 6.07) is 10.5. The molecule has 3 aromatic rings. The Morgan fingerprint density at radius 3 is 2.84 bits per heavy atom. The van der Waals surface area contributed by atoms with Gasteiger partial charge in [-0.05, 0) is 18.1 Å². The van der Waals surface area contributed by atoms with Crippen LogP contribution in [-0.2, 0) is 6.54 Å². The van der Waals surface area contributed by atoms with Gasteiger partial charge < -0.3 is 4.57 Å². The first-order valence-electron chi connectivity index (χ1n) is 7.92. The summed E-state index contributed by atoms with van der Waals surface area (Å²) in [5.41, 5.74) is 2.63. The number of thiazole rings is 1. The standard InChI is InChI=1S/C18H18N4O2S/c1-13(2)11-21-17(14-5-3-7-16(9-14)22(23)24)12-25-18(21)20-15-6-4-8-19-10-15/h3-10,12-13H,11H2,1-2H3. The molecule has 0 saturated carbocycles. The van der Waals surface area contributed by atoms with Gasteiger partial charge in [0, 0.05) is 35.8 Å². The lowest BCUT2D eigenvalue weighted by Crippen LogP contribution is -2.18. The van der Waals surface area contributed by atoms with Gasteiger partial charge in [0.1, 0.15) is 0 Å². The van der Waals surface area contributed by atoms with Gasteiger partial charge in [-0.25, -0.2) is 4.99 Å². The number of nitrogens with zero attached hydrogens (tertiary/aromatic N) is 4. The minimum Gasteiger partial charge on any atom is -0.316 e. The normalized spacial score (nSPS) is 11.9. The second-order valence-electron chi connectivity index (χ2n) is 6.04. The Bertz CT molecular complexity index is 945. The summed E-state index contributed by atoms with van der Waals surface area (Å²) >= 11 is 1.52. The van der Waals surface area contributed by atoms with E-state index in [0.29, 0.717) is 5.92 Å². The van der Waals surface area contributed by atoms with Gasteiger partial charge in [0.15, 0.2) is 4.80 Å². The van der Waals surface area contributed by atoms with Gasteiger partial charge in [0.05, 0.1) is 22.5 Å². The number of nitro groups is 1. The van der Waals surface area contributed by atoms with Crippen LogP contribution in [0.25, 0.3) is 11.3 Å². The number of benzene rings is 1. The predicted octanol–water partition coefficient (Wildman–Crippen LogP) is 4.41. The maximum atomic E-state index is 11.1. The molecule has 0 bridgehead atoms. The minimum atomic E-state index is -0.371. The molecule has 128 valence electrons. The first-order chi connectivity index (χ1) is 12.0. The van der Waals surface area contributed by atoms with Crippen LogP contribution in [0.2, 0.25) is 0 Å². The first kappa shape index (κ1) is 17.0. The number of non-ortho nitro benzene ring substituents is 1. The smallest absolute Gasteiger partial charge is 0.270 e. The van der Waals surface area contributed by atoms with Crippen LogP contribution in [0.1, 0.15) is 13.8 Å². The fourth-order valence-corrected chi connectivity index (χ4v) is 3.44. The molecule has 0 unspecified atom stereocenters. The summed E-state index contributed by atoms with van der Waals surface area (Å²) in [5.74, 6) is 0.417. The molecule has 0 amide bonds. The highest BCUT2D eigenvalue weighted by molar-refractivity contribution is 7.07. The van der Waals surface area contributed by atoms with E-state index >= 15 is 0 Å². The molecule has 0 aliphatic carbocycles. The molecule has 0 radical (unpaired) electrons.